The van der Waals surface area contributed by atoms with Crippen LogP contribution in [0.2, 0.25) is 0 Å². The van der Waals surface area contributed by atoms with Gasteiger partial charge in [-0.15, -0.1) is 0 Å². The summed E-state index contributed by atoms with van der Waals surface area (Å²) in [5.41, 5.74) is 2.80. The topological polar surface area (TPSA) is 70.6 Å². The third kappa shape index (κ3) is 6.86. The summed E-state index contributed by atoms with van der Waals surface area (Å²) < 4.78 is 6.60. The van der Waals surface area contributed by atoms with Gasteiger partial charge in [0.05, 0.1) is 6.10 Å². The Hall–Kier alpha value is -1.89. The van der Waals surface area contributed by atoms with E-state index in [9.17, 15) is 9.90 Å². The van der Waals surface area contributed by atoms with Crippen LogP contribution >= 0.6 is 15.9 Å². The highest BCUT2D eigenvalue weighted by Crippen LogP contribution is 2.23. The Kier molecular flexibility index (Phi) is 7.43. The number of rotatable bonds is 8. The molecule has 1 amide bonds. The zero-order valence-corrected chi connectivity index (χ0v) is 16.0. The second kappa shape index (κ2) is 9.56. The Morgan fingerprint density at radius 2 is 1.96 bits per heavy atom. The van der Waals surface area contributed by atoms with Gasteiger partial charge in [0.1, 0.15) is 5.75 Å². The number of benzene rings is 2. The van der Waals surface area contributed by atoms with Gasteiger partial charge in [-0.3, -0.25) is 4.79 Å². The van der Waals surface area contributed by atoms with Gasteiger partial charge in [0, 0.05) is 28.8 Å². The number of ether oxygens (including phenoxy) is 1. The van der Waals surface area contributed by atoms with Crippen LogP contribution in [0.1, 0.15) is 18.1 Å². The van der Waals surface area contributed by atoms with Gasteiger partial charge >= 0.3 is 0 Å². The van der Waals surface area contributed by atoms with E-state index >= 15 is 0 Å². The summed E-state index contributed by atoms with van der Waals surface area (Å²) in [5.74, 6) is 0.426. The standard InChI is InChI=1S/C19H23BrN2O3/c1-13-3-6-17(7-4-13)22-19(24)12-25-18-8-5-16(20)9-15(18)11-21-10-14(2)23/h3-9,14,21,23H,10-12H2,1-2H3,(H,22,24). The SMILES string of the molecule is Cc1ccc(NC(=O)COc2ccc(Br)cc2CNCC(C)O)cc1. The van der Waals surface area contributed by atoms with Crippen molar-refractivity contribution in [2.45, 2.75) is 26.5 Å². The summed E-state index contributed by atoms with van der Waals surface area (Å²) in [4.78, 5) is 12.1. The molecule has 2 aromatic carbocycles. The van der Waals surface area contributed by atoms with Gasteiger partial charge in [-0.25, -0.2) is 0 Å². The van der Waals surface area contributed by atoms with Crippen molar-refractivity contribution in [3.63, 3.8) is 0 Å². The maximum atomic E-state index is 12.1. The lowest BCUT2D eigenvalue weighted by molar-refractivity contribution is -0.118. The third-order valence-corrected chi connectivity index (χ3v) is 3.97. The van der Waals surface area contributed by atoms with Gasteiger partial charge in [0.2, 0.25) is 0 Å². The monoisotopic (exact) mass is 406 g/mol. The van der Waals surface area contributed by atoms with Gasteiger partial charge in [0.25, 0.3) is 5.91 Å². The Balaban J connectivity index is 1.92. The van der Waals surface area contributed by atoms with E-state index in [1.165, 1.54) is 0 Å². The number of halogens is 1. The lowest BCUT2D eigenvalue weighted by Crippen LogP contribution is -2.24. The van der Waals surface area contributed by atoms with Crippen molar-refractivity contribution in [3.8, 4) is 5.75 Å². The van der Waals surface area contributed by atoms with Crippen LogP contribution < -0.4 is 15.4 Å². The molecule has 2 rings (SSSR count). The molecule has 6 heteroatoms. The van der Waals surface area contributed by atoms with Crippen molar-refractivity contribution in [1.82, 2.24) is 5.32 Å². The van der Waals surface area contributed by atoms with Crippen molar-refractivity contribution < 1.29 is 14.6 Å². The fourth-order valence-corrected chi connectivity index (χ4v) is 2.63. The minimum Gasteiger partial charge on any atom is -0.483 e. The molecule has 0 spiro atoms. The Morgan fingerprint density at radius 3 is 2.64 bits per heavy atom. The zero-order valence-electron chi connectivity index (χ0n) is 14.4. The number of hydrogen-bond donors (Lipinski definition) is 3. The fraction of sp³-hybridized carbons (Fsp3) is 0.316. The highest BCUT2D eigenvalue weighted by Gasteiger charge is 2.09. The van der Waals surface area contributed by atoms with E-state index in [1.54, 1.807) is 6.92 Å². The molecular formula is C19H23BrN2O3. The van der Waals surface area contributed by atoms with Crippen molar-refractivity contribution in [2.24, 2.45) is 0 Å². The van der Waals surface area contributed by atoms with Gasteiger partial charge in [-0.1, -0.05) is 33.6 Å². The normalized spacial score (nSPS) is 11.8. The molecule has 0 aromatic heterocycles. The second-order valence-corrected chi connectivity index (χ2v) is 6.85. The molecule has 3 N–H and O–H groups in total. The smallest absolute Gasteiger partial charge is 0.262 e. The molecule has 0 aliphatic carbocycles. The molecule has 1 atom stereocenters. The second-order valence-electron chi connectivity index (χ2n) is 5.93. The van der Waals surface area contributed by atoms with Gasteiger partial charge < -0.3 is 20.5 Å². The number of aliphatic hydroxyl groups excluding tert-OH is 1. The molecule has 5 nitrogen and oxygen atoms in total. The quantitative estimate of drug-likeness (QED) is 0.629. The van der Waals surface area contributed by atoms with Crippen molar-refractivity contribution in [2.75, 3.05) is 18.5 Å². The van der Waals surface area contributed by atoms with E-state index in [-0.39, 0.29) is 12.5 Å². The van der Waals surface area contributed by atoms with E-state index in [2.05, 4.69) is 26.6 Å². The van der Waals surface area contributed by atoms with Crippen molar-refractivity contribution in [3.05, 3.63) is 58.1 Å². The largest absolute Gasteiger partial charge is 0.483 e. The van der Waals surface area contributed by atoms with E-state index in [4.69, 9.17) is 4.74 Å². The minimum absolute atomic E-state index is 0.0705. The summed E-state index contributed by atoms with van der Waals surface area (Å²) >= 11 is 3.44. The molecule has 134 valence electrons. The number of carbonyl (C=O) groups is 1. The number of aryl methyl sites for hydroxylation is 1. The molecule has 0 aliphatic rings. The van der Waals surface area contributed by atoms with E-state index in [0.29, 0.717) is 18.8 Å². The molecule has 1 unspecified atom stereocenters. The first-order chi connectivity index (χ1) is 11.9. The van der Waals surface area contributed by atoms with E-state index in [0.717, 1.165) is 21.3 Å². The Bertz CT molecular complexity index is 702. The first-order valence-electron chi connectivity index (χ1n) is 8.10. The number of amides is 1. The summed E-state index contributed by atoms with van der Waals surface area (Å²) in [6, 6.07) is 13.2. The molecule has 2 aromatic rings. The Morgan fingerprint density at radius 1 is 1.24 bits per heavy atom. The number of carbonyl (C=O) groups excluding carboxylic acids is 1. The first kappa shape index (κ1) is 19.4. The molecule has 0 fully saturated rings. The number of aliphatic hydroxyl groups is 1. The van der Waals surface area contributed by atoms with Crippen LogP contribution in [0.3, 0.4) is 0 Å². The molecule has 0 heterocycles. The number of hydrogen-bond acceptors (Lipinski definition) is 4. The van der Waals surface area contributed by atoms with Crippen molar-refractivity contribution >= 4 is 27.5 Å². The summed E-state index contributed by atoms with van der Waals surface area (Å²) in [7, 11) is 0. The maximum Gasteiger partial charge on any atom is 0.262 e. The average molecular weight is 407 g/mol. The molecule has 0 radical (unpaired) electrons. The van der Waals surface area contributed by atoms with Crippen LogP contribution in [0.15, 0.2) is 46.9 Å². The van der Waals surface area contributed by atoms with Crippen LogP contribution in [0.25, 0.3) is 0 Å². The lowest BCUT2D eigenvalue weighted by Gasteiger charge is -2.13. The van der Waals surface area contributed by atoms with Crippen molar-refractivity contribution in [1.29, 1.82) is 0 Å². The molecular weight excluding hydrogens is 384 g/mol. The van der Waals surface area contributed by atoms with Gasteiger partial charge in [0.15, 0.2) is 6.61 Å². The molecule has 0 bridgehead atoms. The molecule has 25 heavy (non-hydrogen) atoms. The highest BCUT2D eigenvalue weighted by atomic mass is 79.9. The minimum atomic E-state index is -0.420. The molecule has 0 saturated heterocycles. The molecule has 0 aliphatic heterocycles. The maximum absolute atomic E-state index is 12.1. The van der Waals surface area contributed by atoms with E-state index < -0.39 is 6.10 Å². The van der Waals surface area contributed by atoms with Gasteiger partial charge in [-0.2, -0.15) is 0 Å². The van der Waals surface area contributed by atoms with Crippen LogP contribution in [0.4, 0.5) is 5.69 Å². The lowest BCUT2D eigenvalue weighted by atomic mass is 10.2. The van der Waals surface area contributed by atoms with Gasteiger partial charge in [-0.05, 0) is 44.2 Å². The van der Waals surface area contributed by atoms with E-state index in [1.807, 2.05) is 49.4 Å². The van der Waals surface area contributed by atoms with Crippen LogP contribution in [0, 0.1) is 6.92 Å². The Labute approximate surface area is 156 Å². The highest BCUT2D eigenvalue weighted by molar-refractivity contribution is 9.10. The zero-order chi connectivity index (χ0) is 18.2. The molecule has 0 saturated carbocycles. The fourth-order valence-electron chi connectivity index (χ4n) is 2.22. The average Bonchev–Trinajstić information content (AvgIpc) is 2.56. The van der Waals surface area contributed by atoms with Crippen LogP contribution in [-0.2, 0) is 11.3 Å². The predicted octanol–water partition coefficient (Wildman–Crippen LogP) is 3.25. The summed E-state index contributed by atoms with van der Waals surface area (Å²) in [6.45, 7) is 4.67. The summed E-state index contributed by atoms with van der Waals surface area (Å²) in [6.07, 6.45) is -0.420. The number of nitrogens with one attached hydrogen (secondary N) is 2. The summed E-state index contributed by atoms with van der Waals surface area (Å²) in [5, 5.41) is 15.3. The first-order valence-corrected chi connectivity index (χ1v) is 8.90. The van der Waals surface area contributed by atoms with Crippen LogP contribution in [0.5, 0.6) is 5.75 Å². The predicted molar refractivity (Wildman–Crippen MR) is 103 cm³/mol. The van der Waals surface area contributed by atoms with Crippen LogP contribution in [-0.4, -0.2) is 30.3 Å². The number of anilines is 1. The third-order valence-electron chi connectivity index (χ3n) is 3.47.